The fourth-order valence-corrected chi connectivity index (χ4v) is 3.50. The second kappa shape index (κ2) is 5.21. The molecule has 21 heavy (non-hydrogen) atoms. The Balaban J connectivity index is 1.89. The van der Waals surface area contributed by atoms with Crippen molar-refractivity contribution in [3.05, 3.63) is 95.6 Å². The van der Waals surface area contributed by atoms with Crippen LogP contribution in [0.1, 0.15) is 24.3 Å². The summed E-state index contributed by atoms with van der Waals surface area (Å²) in [7, 11) is 0. The molecule has 0 unspecified atom stereocenters. The molecule has 0 heterocycles. The molecule has 0 spiro atoms. The Morgan fingerprint density at radius 2 is 1.38 bits per heavy atom. The summed E-state index contributed by atoms with van der Waals surface area (Å²) in [6.07, 6.45) is 15.6. The molecule has 0 amide bonds. The molecule has 0 nitrogen and oxygen atoms in total. The van der Waals surface area contributed by atoms with Crippen molar-refractivity contribution < 1.29 is 0 Å². The maximum absolute atomic E-state index is 2.30. The van der Waals surface area contributed by atoms with Gasteiger partial charge >= 0.3 is 0 Å². The van der Waals surface area contributed by atoms with Crippen molar-refractivity contribution in [1.82, 2.24) is 0 Å². The molecule has 4 rings (SSSR count). The number of hydrogen-bond donors (Lipinski definition) is 0. The van der Waals surface area contributed by atoms with Crippen molar-refractivity contribution in [2.24, 2.45) is 0 Å². The van der Waals surface area contributed by atoms with E-state index in [1.54, 1.807) is 0 Å². The Kier molecular flexibility index (Phi) is 3.08. The second-order valence-corrected chi connectivity index (χ2v) is 5.75. The van der Waals surface area contributed by atoms with Crippen molar-refractivity contribution >= 4 is 10.8 Å². The first-order chi connectivity index (χ1) is 10.4. The highest BCUT2D eigenvalue weighted by Crippen LogP contribution is 2.41. The van der Waals surface area contributed by atoms with Gasteiger partial charge in [-0.3, -0.25) is 0 Å². The average Bonchev–Trinajstić information content (AvgIpc) is 3.22. The lowest BCUT2D eigenvalue weighted by Gasteiger charge is -2.22. The fraction of sp³-hybridized carbons (Fsp3) is 0.143. The van der Waals surface area contributed by atoms with Gasteiger partial charge in [-0.25, -0.2) is 0 Å². The van der Waals surface area contributed by atoms with Crippen LogP contribution in [0.4, 0.5) is 0 Å². The van der Waals surface area contributed by atoms with Crippen molar-refractivity contribution in [2.45, 2.75) is 18.8 Å². The van der Waals surface area contributed by atoms with E-state index in [4.69, 9.17) is 0 Å². The molecule has 0 saturated heterocycles. The maximum atomic E-state index is 2.30. The summed E-state index contributed by atoms with van der Waals surface area (Å²) < 4.78 is 0. The molecule has 0 fully saturated rings. The van der Waals surface area contributed by atoms with Gasteiger partial charge in [-0.15, -0.1) is 0 Å². The van der Waals surface area contributed by atoms with E-state index in [-0.39, 0.29) is 0 Å². The summed E-state index contributed by atoms with van der Waals surface area (Å²) in [5, 5.41) is 2.71. The van der Waals surface area contributed by atoms with Gasteiger partial charge in [0, 0.05) is 5.92 Å². The molecule has 0 aromatic heterocycles. The molecule has 102 valence electrons. The van der Waals surface area contributed by atoms with Crippen molar-refractivity contribution in [3.63, 3.8) is 0 Å². The molecule has 0 radical (unpaired) electrons. The normalized spacial score (nSPS) is 16.8. The number of rotatable bonds is 3. The van der Waals surface area contributed by atoms with Gasteiger partial charge < -0.3 is 0 Å². The van der Waals surface area contributed by atoms with E-state index in [2.05, 4.69) is 78.9 Å². The standard InChI is InChI=1S/C21H18/c1-2-10-17(9-1)21(18-11-3-4-12-18)20-15-7-13-16-8-5-6-14-19(16)20/h1-9,11,13-15,21H,10,12H2. The third-order valence-electron chi connectivity index (χ3n) is 4.48. The summed E-state index contributed by atoms with van der Waals surface area (Å²) in [5.41, 5.74) is 4.47. The van der Waals surface area contributed by atoms with E-state index in [1.807, 2.05) is 0 Å². The van der Waals surface area contributed by atoms with Gasteiger partial charge in [0.25, 0.3) is 0 Å². The first-order valence-corrected chi connectivity index (χ1v) is 7.62. The van der Waals surface area contributed by atoms with Crippen LogP contribution in [-0.4, -0.2) is 0 Å². The Morgan fingerprint density at radius 1 is 0.714 bits per heavy atom. The van der Waals surface area contributed by atoms with Crippen LogP contribution in [0.15, 0.2) is 90.1 Å². The third kappa shape index (κ3) is 2.17. The lowest BCUT2D eigenvalue weighted by Crippen LogP contribution is -2.05. The van der Waals surface area contributed by atoms with Gasteiger partial charge in [-0.1, -0.05) is 90.1 Å². The van der Waals surface area contributed by atoms with Crippen LogP contribution in [0.5, 0.6) is 0 Å². The van der Waals surface area contributed by atoms with Crippen LogP contribution in [0.3, 0.4) is 0 Å². The predicted octanol–water partition coefficient (Wildman–Crippen LogP) is 5.70. The van der Waals surface area contributed by atoms with E-state index in [1.165, 1.54) is 27.5 Å². The second-order valence-electron chi connectivity index (χ2n) is 5.75. The monoisotopic (exact) mass is 270 g/mol. The van der Waals surface area contributed by atoms with Gasteiger partial charge in [0.2, 0.25) is 0 Å². The highest BCUT2D eigenvalue weighted by Gasteiger charge is 2.23. The van der Waals surface area contributed by atoms with E-state index < -0.39 is 0 Å². The number of benzene rings is 2. The summed E-state index contributed by atoms with van der Waals surface area (Å²) >= 11 is 0. The van der Waals surface area contributed by atoms with Gasteiger partial charge in [-0.05, 0) is 29.2 Å². The Morgan fingerprint density at radius 3 is 2.05 bits per heavy atom. The molecule has 2 aliphatic rings. The van der Waals surface area contributed by atoms with Gasteiger partial charge in [0.1, 0.15) is 0 Å². The van der Waals surface area contributed by atoms with Crippen molar-refractivity contribution in [1.29, 1.82) is 0 Å². The molecule has 2 aliphatic carbocycles. The number of hydrogen-bond acceptors (Lipinski definition) is 0. The van der Waals surface area contributed by atoms with E-state index >= 15 is 0 Å². The Bertz CT molecular complexity index is 764. The number of fused-ring (bicyclic) bond motifs is 1. The zero-order valence-corrected chi connectivity index (χ0v) is 12.0. The molecule has 2 aromatic carbocycles. The first-order valence-electron chi connectivity index (χ1n) is 7.62. The van der Waals surface area contributed by atoms with E-state index in [0.29, 0.717) is 5.92 Å². The number of allylic oxidation sites excluding steroid dienone is 8. The van der Waals surface area contributed by atoms with E-state index in [9.17, 15) is 0 Å². The van der Waals surface area contributed by atoms with Crippen LogP contribution in [0.2, 0.25) is 0 Å². The lowest BCUT2D eigenvalue weighted by atomic mass is 9.81. The minimum Gasteiger partial charge on any atom is -0.0804 e. The summed E-state index contributed by atoms with van der Waals surface area (Å²) in [6, 6.07) is 15.4. The smallest absolute Gasteiger partial charge is 0.0276 e. The molecule has 0 atom stereocenters. The van der Waals surface area contributed by atoms with Gasteiger partial charge in [0.05, 0.1) is 0 Å². The molecule has 0 saturated carbocycles. The quantitative estimate of drug-likeness (QED) is 0.671. The van der Waals surface area contributed by atoms with Crippen molar-refractivity contribution in [3.8, 4) is 0 Å². The van der Waals surface area contributed by atoms with Gasteiger partial charge in [0.15, 0.2) is 0 Å². The van der Waals surface area contributed by atoms with Gasteiger partial charge in [-0.2, -0.15) is 0 Å². The zero-order valence-electron chi connectivity index (χ0n) is 12.0. The molecule has 0 heteroatoms. The van der Waals surface area contributed by atoms with Crippen molar-refractivity contribution in [2.75, 3.05) is 0 Å². The van der Waals surface area contributed by atoms with Crippen LogP contribution in [-0.2, 0) is 0 Å². The molecule has 2 aromatic rings. The molecular weight excluding hydrogens is 252 g/mol. The first kappa shape index (κ1) is 12.4. The predicted molar refractivity (Wildman–Crippen MR) is 90.4 cm³/mol. The Labute approximate surface area is 125 Å². The molecule has 0 N–H and O–H groups in total. The maximum Gasteiger partial charge on any atom is 0.0276 e. The summed E-state index contributed by atoms with van der Waals surface area (Å²) in [4.78, 5) is 0. The van der Waals surface area contributed by atoms with Crippen LogP contribution in [0, 0.1) is 0 Å². The highest BCUT2D eigenvalue weighted by molar-refractivity contribution is 5.87. The minimum atomic E-state index is 0.418. The highest BCUT2D eigenvalue weighted by atomic mass is 14.3. The molecule has 0 aliphatic heterocycles. The Hall–Kier alpha value is -2.34. The summed E-state index contributed by atoms with van der Waals surface area (Å²) in [5.74, 6) is 0.418. The molecule has 0 bridgehead atoms. The van der Waals surface area contributed by atoms with Crippen LogP contribution in [0.25, 0.3) is 10.8 Å². The minimum absolute atomic E-state index is 0.418. The van der Waals surface area contributed by atoms with Crippen LogP contribution < -0.4 is 0 Å². The average molecular weight is 270 g/mol. The molecular formula is C21H18. The summed E-state index contributed by atoms with van der Waals surface area (Å²) in [6.45, 7) is 0. The third-order valence-corrected chi connectivity index (χ3v) is 4.48. The fourth-order valence-electron chi connectivity index (χ4n) is 3.50. The van der Waals surface area contributed by atoms with Crippen LogP contribution >= 0.6 is 0 Å². The SMILES string of the molecule is C1=CCC(C(C2=CC=CC2)c2cccc3ccccc23)=C1. The topological polar surface area (TPSA) is 0 Å². The largest absolute Gasteiger partial charge is 0.0804 e. The zero-order chi connectivity index (χ0) is 14.1. The van der Waals surface area contributed by atoms with E-state index in [0.717, 1.165) is 12.8 Å². The lowest BCUT2D eigenvalue weighted by molar-refractivity contribution is 0.882.